The van der Waals surface area contributed by atoms with Gasteiger partial charge in [0.25, 0.3) is 11.5 Å². The molecular weight excluding hydrogens is 374 g/mol. The van der Waals surface area contributed by atoms with Gasteiger partial charge in [0.15, 0.2) is 11.8 Å². The summed E-state index contributed by atoms with van der Waals surface area (Å²) in [4.78, 5) is 37.6. The van der Waals surface area contributed by atoms with E-state index >= 15 is 0 Å². The Hall–Kier alpha value is -3.68. The van der Waals surface area contributed by atoms with E-state index in [1.807, 2.05) is 0 Å². The molecule has 0 aliphatic rings. The maximum atomic E-state index is 12.7. The van der Waals surface area contributed by atoms with Gasteiger partial charge in [-0.1, -0.05) is 30.3 Å². The molecule has 3 aromatic rings. The standard InChI is InChI=1S/C21H21N3O5/c1-4-24-20(26)15-10-6-5-9-14(15)18(23-24)21(27)29-13(2)19(25)22-16-11-7-8-12-17(16)28-3/h5-13H,4H2,1-3H3,(H,22,25)/t13-/m0/s1. The van der Waals surface area contributed by atoms with Gasteiger partial charge in [-0.25, -0.2) is 9.48 Å². The molecular formula is C21H21N3O5. The van der Waals surface area contributed by atoms with Gasteiger partial charge in [0.2, 0.25) is 0 Å². The van der Waals surface area contributed by atoms with Gasteiger partial charge >= 0.3 is 5.97 Å². The molecule has 3 rings (SSSR count). The number of amides is 1. The number of carbonyl (C=O) groups is 2. The van der Waals surface area contributed by atoms with Gasteiger partial charge in [-0.05, 0) is 32.0 Å². The first-order valence-electron chi connectivity index (χ1n) is 9.11. The third kappa shape index (κ3) is 4.11. The van der Waals surface area contributed by atoms with Crippen molar-refractivity contribution in [3.8, 4) is 5.75 Å². The molecule has 1 heterocycles. The topological polar surface area (TPSA) is 99.5 Å². The molecule has 0 aliphatic carbocycles. The summed E-state index contributed by atoms with van der Waals surface area (Å²) in [6.07, 6.45) is -1.09. The fourth-order valence-electron chi connectivity index (χ4n) is 2.85. The third-order valence-electron chi connectivity index (χ3n) is 4.38. The Bertz CT molecular complexity index is 1120. The molecule has 8 heteroatoms. The Morgan fingerprint density at radius 1 is 1.10 bits per heavy atom. The highest BCUT2D eigenvalue weighted by Crippen LogP contribution is 2.23. The van der Waals surface area contributed by atoms with Crippen LogP contribution in [0.3, 0.4) is 0 Å². The molecule has 2 aromatic carbocycles. The van der Waals surface area contributed by atoms with Crippen LogP contribution in [0, 0.1) is 0 Å². The molecule has 0 saturated heterocycles. The SMILES string of the molecule is CCn1nc(C(=O)O[C@@H](C)C(=O)Nc2ccccc2OC)c2ccccc2c1=O. The minimum atomic E-state index is -1.09. The van der Waals surface area contributed by atoms with E-state index < -0.39 is 18.0 Å². The molecule has 1 aromatic heterocycles. The number of esters is 1. The molecule has 1 atom stereocenters. The molecule has 0 spiro atoms. The van der Waals surface area contributed by atoms with E-state index in [4.69, 9.17) is 9.47 Å². The number of ether oxygens (including phenoxy) is 2. The van der Waals surface area contributed by atoms with Crippen molar-refractivity contribution in [3.05, 3.63) is 64.6 Å². The Kier molecular flexibility index (Phi) is 5.92. The zero-order chi connectivity index (χ0) is 21.0. The summed E-state index contributed by atoms with van der Waals surface area (Å²) in [6.45, 7) is 3.51. The molecule has 8 nitrogen and oxygen atoms in total. The van der Waals surface area contributed by atoms with Gasteiger partial charge in [0.05, 0.1) is 18.2 Å². The first-order chi connectivity index (χ1) is 14.0. The number of rotatable bonds is 6. The summed E-state index contributed by atoms with van der Waals surface area (Å²) < 4.78 is 11.7. The molecule has 0 aliphatic heterocycles. The van der Waals surface area contributed by atoms with E-state index in [-0.39, 0.29) is 11.3 Å². The van der Waals surface area contributed by atoms with Crippen LogP contribution in [0.25, 0.3) is 10.8 Å². The summed E-state index contributed by atoms with van der Waals surface area (Å²) in [7, 11) is 1.49. The van der Waals surface area contributed by atoms with Crippen molar-refractivity contribution in [2.24, 2.45) is 0 Å². The van der Waals surface area contributed by atoms with Crippen LogP contribution >= 0.6 is 0 Å². The maximum Gasteiger partial charge on any atom is 0.360 e. The molecule has 0 radical (unpaired) electrons. The number of fused-ring (bicyclic) bond motifs is 1. The van der Waals surface area contributed by atoms with Gasteiger partial charge in [-0.2, -0.15) is 5.10 Å². The highest BCUT2D eigenvalue weighted by molar-refractivity contribution is 6.03. The van der Waals surface area contributed by atoms with E-state index in [2.05, 4.69) is 10.4 Å². The van der Waals surface area contributed by atoms with Crippen molar-refractivity contribution in [2.45, 2.75) is 26.5 Å². The van der Waals surface area contributed by atoms with Crippen LogP contribution < -0.4 is 15.6 Å². The van der Waals surface area contributed by atoms with Gasteiger partial charge in [0, 0.05) is 11.9 Å². The van der Waals surface area contributed by atoms with Crippen LogP contribution in [0.1, 0.15) is 24.3 Å². The van der Waals surface area contributed by atoms with Gasteiger partial charge in [-0.15, -0.1) is 0 Å². The smallest absolute Gasteiger partial charge is 0.360 e. The predicted octanol–water partition coefficient (Wildman–Crippen LogP) is 2.61. The number of para-hydroxylation sites is 2. The number of hydrogen-bond acceptors (Lipinski definition) is 6. The fraction of sp³-hybridized carbons (Fsp3) is 0.238. The van der Waals surface area contributed by atoms with Crippen molar-refractivity contribution in [3.63, 3.8) is 0 Å². The number of hydrogen-bond donors (Lipinski definition) is 1. The molecule has 1 amide bonds. The van der Waals surface area contributed by atoms with Crippen LogP contribution in [0.5, 0.6) is 5.75 Å². The Labute approximate surface area is 167 Å². The largest absolute Gasteiger partial charge is 0.495 e. The molecule has 0 unspecified atom stereocenters. The predicted molar refractivity (Wildman–Crippen MR) is 108 cm³/mol. The molecule has 150 valence electrons. The van der Waals surface area contributed by atoms with Gasteiger partial charge in [0.1, 0.15) is 5.75 Å². The summed E-state index contributed by atoms with van der Waals surface area (Å²) in [5, 5.41) is 7.53. The van der Waals surface area contributed by atoms with Gasteiger partial charge < -0.3 is 14.8 Å². The lowest BCUT2D eigenvalue weighted by atomic mass is 10.1. The minimum absolute atomic E-state index is 0.0148. The molecule has 0 saturated carbocycles. The Balaban J connectivity index is 1.84. The fourth-order valence-corrected chi connectivity index (χ4v) is 2.85. The number of nitrogens with one attached hydrogen (secondary N) is 1. The molecule has 0 bridgehead atoms. The van der Waals surface area contributed by atoms with E-state index in [0.717, 1.165) is 0 Å². The maximum absolute atomic E-state index is 12.7. The highest BCUT2D eigenvalue weighted by atomic mass is 16.5. The lowest BCUT2D eigenvalue weighted by Gasteiger charge is -2.16. The normalized spacial score (nSPS) is 11.7. The number of anilines is 1. The second-order valence-corrected chi connectivity index (χ2v) is 6.25. The lowest BCUT2D eigenvalue weighted by molar-refractivity contribution is -0.123. The van der Waals surface area contributed by atoms with Crippen LogP contribution in [0.4, 0.5) is 5.69 Å². The number of aryl methyl sites for hydroxylation is 1. The van der Waals surface area contributed by atoms with Gasteiger partial charge in [-0.3, -0.25) is 9.59 Å². The monoisotopic (exact) mass is 395 g/mol. The Morgan fingerprint density at radius 3 is 2.45 bits per heavy atom. The van der Waals surface area contributed by atoms with Crippen LogP contribution in [-0.2, 0) is 16.1 Å². The third-order valence-corrected chi connectivity index (χ3v) is 4.38. The summed E-state index contributed by atoms with van der Waals surface area (Å²) in [6, 6.07) is 13.6. The number of nitrogens with zero attached hydrogens (tertiary/aromatic N) is 2. The number of methoxy groups -OCH3 is 1. The zero-order valence-electron chi connectivity index (χ0n) is 16.3. The van der Waals surface area contributed by atoms with Crippen LogP contribution in [0.2, 0.25) is 0 Å². The average Bonchev–Trinajstić information content (AvgIpc) is 2.74. The van der Waals surface area contributed by atoms with E-state index in [0.29, 0.717) is 28.8 Å². The van der Waals surface area contributed by atoms with Crippen molar-refractivity contribution in [1.29, 1.82) is 0 Å². The summed E-state index contributed by atoms with van der Waals surface area (Å²) in [5.74, 6) is -0.816. The quantitative estimate of drug-likeness (QED) is 0.644. The molecule has 29 heavy (non-hydrogen) atoms. The number of benzene rings is 2. The van der Waals surface area contributed by atoms with Crippen molar-refractivity contribution >= 4 is 28.3 Å². The summed E-state index contributed by atoms with van der Waals surface area (Å²) >= 11 is 0. The first-order valence-corrected chi connectivity index (χ1v) is 9.11. The minimum Gasteiger partial charge on any atom is -0.495 e. The van der Waals surface area contributed by atoms with E-state index in [9.17, 15) is 14.4 Å². The lowest BCUT2D eigenvalue weighted by Crippen LogP contribution is -2.32. The number of aromatic nitrogens is 2. The van der Waals surface area contributed by atoms with Crippen molar-refractivity contribution in [2.75, 3.05) is 12.4 Å². The first kappa shape index (κ1) is 20.1. The van der Waals surface area contributed by atoms with E-state index in [1.54, 1.807) is 55.5 Å². The molecule has 0 fully saturated rings. The zero-order valence-corrected chi connectivity index (χ0v) is 16.3. The highest BCUT2D eigenvalue weighted by Gasteiger charge is 2.23. The second-order valence-electron chi connectivity index (χ2n) is 6.25. The Morgan fingerprint density at radius 2 is 1.76 bits per heavy atom. The van der Waals surface area contributed by atoms with Crippen LogP contribution in [0.15, 0.2) is 53.3 Å². The van der Waals surface area contributed by atoms with E-state index in [1.165, 1.54) is 18.7 Å². The van der Waals surface area contributed by atoms with Crippen molar-refractivity contribution < 1.29 is 19.1 Å². The van der Waals surface area contributed by atoms with Crippen molar-refractivity contribution in [1.82, 2.24) is 9.78 Å². The molecule has 1 N–H and O–H groups in total. The number of carbonyl (C=O) groups excluding carboxylic acids is 2. The second kappa shape index (κ2) is 8.55. The average molecular weight is 395 g/mol. The summed E-state index contributed by atoms with van der Waals surface area (Å²) in [5.41, 5.74) is 0.159. The van der Waals surface area contributed by atoms with Crippen LogP contribution in [-0.4, -0.2) is 34.9 Å².